The minimum atomic E-state index is -0.997. The zero-order valence-corrected chi connectivity index (χ0v) is 10.3. The Labute approximate surface area is 106 Å². The van der Waals surface area contributed by atoms with Crippen molar-refractivity contribution < 1.29 is 15.0 Å². The molecule has 0 aliphatic heterocycles. The molecule has 0 radical (unpaired) electrons. The molecule has 0 saturated carbocycles. The number of aromatic carboxylic acids is 1. The quantitative estimate of drug-likeness (QED) is 0.890. The van der Waals surface area contributed by atoms with Crippen LogP contribution in [0.4, 0.5) is 0 Å². The molecule has 0 aliphatic rings. The van der Waals surface area contributed by atoms with Gasteiger partial charge in [0.15, 0.2) is 0 Å². The second-order valence-electron chi connectivity index (χ2n) is 3.55. The van der Waals surface area contributed by atoms with Gasteiger partial charge in [0.25, 0.3) is 0 Å². The van der Waals surface area contributed by atoms with Crippen LogP contribution in [0.5, 0.6) is 5.75 Å². The number of phenolic OH excluding ortho intramolecular Hbond substituents is 1. The zero-order valence-electron chi connectivity index (χ0n) is 8.72. The first-order chi connectivity index (χ1) is 8.08. The molecule has 86 valence electrons. The number of halogens is 1. The number of aromatic hydroxyl groups is 1. The molecule has 0 amide bonds. The Kier molecular flexibility index (Phi) is 3.15. The normalized spacial score (nSPS) is 10.2. The van der Waals surface area contributed by atoms with Crippen LogP contribution in [-0.4, -0.2) is 16.2 Å². The molecule has 2 N–H and O–H groups in total. The molecular formula is C13H9BrO3. The lowest BCUT2D eigenvalue weighted by atomic mass is 10.0. The smallest absolute Gasteiger partial charge is 0.335 e. The van der Waals surface area contributed by atoms with Crippen LogP contribution in [-0.2, 0) is 0 Å². The number of benzene rings is 2. The summed E-state index contributed by atoms with van der Waals surface area (Å²) in [6.45, 7) is 0. The van der Waals surface area contributed by atoms with Gasteiger partial charge in [0.1, 0.15) is 5.75 Å². The highest BCUT2D eigenvalue weighted by Crippen LogP contribution is 2.31. The Bertz CT molecular complexity index is 579. The fourth-order valence-corrected chi connectivity index (χ4v) is 2.08. The van der Waals surface area contributed by atoms with E-state index in [1.807, 2.05) is 0 Å². The average Bonchev–Trinajstić information content (AvgIpc) is 2.28. The minimum absolute atomic E-state index is 0.127. The summed E-state index contributed by atoms with van der Waals surface area (Å²) >= 11 is 3.26. The molecule has 17 heavy (non-hydrogen) atoms. The number of carboxylic acids is 1. The molecule has 2 rings (SSSR count). The summed E-state index contributed by atoms with van der Waals surface area (Å²) < 4.78 is 0.663. The van der Waals surface area contributed by atoms with Gasteiger partial charge in [-0.05, 0) is 29.8 Å². The number of hydrogen-bond donors (Lipinski definition) is 2. The monoisotopic (exact) mass is 292 g/mol. The van der Waals surface area contributed by atoms with E-state index in [9.17, 15) is 9.90 Å². The number of carbonyl (C=O) groups is 1. The van der Waals surface area contributed by atoms with Gasteiger partial charge in [-0.15, -0.1) is 0 Å². The second kappa shape index (κ2) is 4.59. The maximum atomic E-state index is 10.9. The van der Waals surface area contributed by atoms with E-state index in [1.54, 1.807) is 30.3 Å². The van der Waals surface area contributed by atoms with E-state index in [1.165, 1.54) is 12.1 Å². The van der Waals surface area contributed by atoms with Gasteiger partial charge in [0.05, 0.1) is 5.56 Å². The molecule has 0 fully saturated rings. The van der Waals surface area contributed by atoms with Gasteiger partial charge in [-0.1, -0.05) is 34.1 Å². The Morgan fingerprint density at radius 1 is 1.12 bits per heavy atom. The molecular weight excluding hydrogens is 284 g/mol. The van der Waals surface area contributed by atoms with Gasteiger partial charge in [0.2, 0.25) is 0 Å². The molecule has 0 bridgehead atoms. The highest BCUT2D eigenvalue weighted by atomic mass is 79.9. The molecule has 0 heterocycles. The van der Waals surface area contributed by atoms with Crippen LogP contribution < -0.4 is 0 Å². The van der Waals surface area contributed by atoms with Crippen molar-refractivity contribution in [2.45, 2.75) is 0 Å². The third-order valence-corrected chi connectivity index (χ3v) is 2.82. The van der Waals surface area contributed by atoms with Crippen LogP contribution >= 0.6 is 15.9 Å². The topological polar surface area (TPSA) is 57.5 Å². The summed E-state index contributed by atoms with van der Waals surface area (Å²) in [5.74, 6) is -0.870. The molecule has 4 heteroatoms. The first kappa shape index (κ1) is 11.7. The summed E-state index contributed by atoms with van der Waals surface area (Å²) in [5, 5.41) is 18.7. The van der Waals surface area contributed by atoms with Crippen LogP contribution in [0.25, 0.3) is 11.1 Å². The number of carboxylic acid groups (broad SMARTS) is 1. The molecule has 0 unspecified atom stereocenters. The van der Waals surface area contributed by atoms with E-state index in [0.717, 1.165) is 0 Å². The Morgan fingerprint density at radius 2 is 1.82 bits per heavy atom. The lowest BCUT2D eigenvalue weighted by Gasteiger charge is -2.06. The van der Waals surface area contributed by atoms with Crippen molar-refractivity contribution in [1.29, 1.82) is 0 Å². The summed E-state index contributed by atoms with van der Waals surface area (Å²) in [4.78, 5) is 10.9. The van der Waals surface area contributed by atoms with Crippen LogP contribution in [0.15, 0.2) is 46.9 Å². The number of para-hydroxylation sites is 1. The molecule has 0 atom stereocenters. The number of rotatable bonds is 2. The predicted octanol–water partition coefficient (Wildman–Crippen LogP) is 3.52. The second-order valence-corrected chi connectivity index (χ2v) is 4.47. The fraction of sp³-hybridized carbons (Fsp3) is 0. The van der Waals surface area contributed by atoms with Crippen LogP contribution in [0.2, 0.25) is 0 Å². The van der Waals surface area contributed by atoms with Crippen LogP contribution in [0, 0.1) is 0 Å². The van der Waals surface area contributed by atoms with E-state index in [0.29, 0.717) is 15.6 Å². The van der Waals surface area contributed by atoms with E-state index >= 15 is 0 Å². The van der Waals surface area contributed by atoms with Gasteiger partial charge in [-0.25, -0.2) is 4.79 Å². The van der Waals surface area contributed by atoms with E-state index in [4.69, 9.17) is 5.11 Å². The standard InChI is InChI=1S/C13H9BrO3/c14-10-6-8(5-9(7-10)13(16)17)11-3-1-2-4-12(11)15/h1-7,15H,(H,16,17). The summed E-state index contributed by atoms with van der Waals surface area (Å²) in [7, 11) is 0. The SMILES string of the molecule is O=C(O)c1cc(Br)cc(-c2ccccc2O)c1. The van der Waals surface area contributed by atoms with Gasteiger partial charge < -0.3 is 10.2 Å². The largest absolute Gasteiger partial charge is 0.507 e. The third-order valence-electron chi connectivity index (χ3n) is 2.36. The lowest BCUT2D eigenvalue weighted by Crippen LogP contribution is -1.96. The molecule has 3 nitrogen and oxygen atoms in total. The molecule has 0 aliphatic carbocycles. The maximum absolute atomic E-state index is 10.9. The molecule has 2 aromatic rings. The number of hydrogen-bond acceptors (Lipinski definition) is 2. The van der Waals surface area contributed by atoms with Crippen molar-refractivity contribution in [3.05, 3.63) is 52.5 Å². The lowest BCUT2D eigenvalue weighted by molar-refractivity contribution is 0.0697. The molecule has 0 saturated heterocycles. The first-order valence-corrected chi connectivity index (χ1v) is 5.69. The Balaban J connectivity index is 2.60. The fourth-order valence-electron chi connectivity index (χ4n) is 1.59. The zero-order chi connectivity index (χ0) is 12.4. The molecule has 2 aromatic carbocycles. The van der Waals surface area contributed by atoms with E-state index in [-0.39, 0.29) is 11.3 Å². The minimum Gasteiger partial charge on any atom is -0.507 e. The molecule has 0 spiro atoms. The summed E-state index contributed by atoms with van der Waals surface area (Å²) in [5.41, 5.74) is 1.45. The Morgan fingerprint density at radius 3 is 2.47 bits per heavy atom. The van der Waals surface area contributed by atoms with Gasteiger partial charge in [-0.3, -0.25) is 0 Å². The van der Waals surface area contributed by atoms with Crippen molar-refractivity contribution in [1.82, 2.24) is 0 Å². The van der Waals surface area contributed by atoms with E-state index in [2.05, 4.69) is 15.9 Å². The summed E-state index contributed by atoms with van der Waals surface area (Å²) in [6, 6.07) is 11.6. The number of phenols is 1. The maximum Gasteiger partial charge on any atom is 0.335 e. The van der Waals surface area contributed by atoms with Crippen LogP contribution in [0.1, 0.15) is 10.4 Å². The Hall–Kier alpha value is -1.81. The van der Waals surface area contributed by atoms with Gasteiger partial charge >= 0.3 is 5.97 Å². The highest BCUT2D eigenvalue weighted by Gasteiger charge is 2.09. The van der Waals surface area contributed by atoms with Crippen molar-refractivity contribution >= 4 is 21.9 Å². The third kappa shape index (κ3) is 2.47. The molecule has 0 aromatic heterocycles. The van der Waals surface area contributed by atoms with Crippen LogP contribution in [0.3, 0.4) is 0 Å². The highest BCUT2D eigenvalue weighted by molar-refractivity contribution is 9.10. The van der Waals surface area contributed by atoms with E-state index < -0.39 is 5.97 Å². The average molecular weight is 293 g/mol. The van der Waals surface area contributed by atoms with Crippen molar-refractivity contribution in [3.8, 4) is 16.9 Å². The first-order valence-electron chi connectivity index (χ1n) is 4.90. The summed E-state index contributed by atoms with van der Waals surface area (Å²) in [6.07, 6.45) is 0. The van der Waals surface area contributed by atoms with Crippen molar-refractivity contribution in [3.63, 3.8) is 0 Å². The van der Waals surface area contributed by atoms with Crippen molar-refractivity contribution in [2.24, 2.45) is 0 Å². The van der Waals surface area contributed by atoms with Crippen molar-refractivity contribution in [2.75, 3.05) is 0 Å². The van der Waals surface area contributed by atoms with Gasteiger partial charge in [-0.2, -0.15) is 0 Å². The van der Waals surface area contributed by atoms with Gasteiger partial charge in [0, 0.05) is 10.0 Å². The predicted molar refractivity (Wildman–Crippen MR) is 68.2 cm³/mol.